The molecular weight excluding hydrogens is 378 g/mol. The van der Waals surface area contributed by atoms with E-state index in [2.05, 4.69) is 17.6 Å². The number of unbranched alkanes of at least 4 members (excludes halogenated alkanes) is 3. The van der Waals surface area contributed by atoms with Crippen molar-refractivity contribution in [2.24, 2.45) is 0 Å². The van der Waals surface area contributed by atoms with E-state index >= 15 is 0 Å². The van der Waals surface area contributed by atoms with Gasteiger partial charge in [-0.1, -0.05) is 44.7 Å². The SMILES string of the molecule is CCCCCCC(C)NC(=O)NCc1ccc(S(=O)(=O)N2CCOCC2)cc1. The zero-order chi connectivity index (χ0) is 20.4. The summed E-state index contributed by atoms with van der Waals surface area (Å²) in [7, 11) is -3.49. The van der Waals surface area contributed by atoms with Crippen LogP contribution >= 0.6 is 0 Å². The highest BCUT2D eigenvalue weighted by Gasteiger charge is 2.26. The number of ether oxygens (including phenoxy) is 1. The van der Waals surface area contributed by atoms with Crippen molar-refractivity contribution in [1.29, 1.82) is 0 Å². The standard InChI is InChI=1S/C20H33N3O4S/c1-3-4-5-6-7-17(2)22-20(24)21-16-18-8-10-19(11-9-18)28(25,26)23-12-14-27-15-13-23/h8-11,17H,3-7,12-16H2,1-2H3,(H2,21,22,24). The monoisotopic (exact) mass is 411 g/mol. The molecule has 0 bridgehead atoms. The molecule has 1 aliphatic rings. The second-order valence-electron chi connectivity index (χ2n) is 7.24. The zero-order valence-electron chi connectivity index (χ0n) is 16.9. The van der Waals surface area contributed by atoms with Gasteiger partial charge >= 0.3 is 6.03 Å². The summed E-state index contributed by atoms with van der Waals surface area (Å²) in [4.78, 5) is 12.3. The number of carbonyl (C=O) groups excluding carboxylic acids is 1. The van der Waals surface area contributed by atoms with Crippen LogP contribution in [0.4, 0.5) is 4.79 Å². The maximum absolute atomic E-state index is 12.6. The second kappa shape index (κ2) is 11.4. The molecule has 0 aromatic heterocycles. The lowest BCUT2D eigenvalue weighted by atomic mass is 10.1. The highest BCUT2D eigenvalue weighted by Crippen LogP contribution is 2.17. The molecule has 0 aliphatic carbocycles. The van der Waals surface area contributed by atoms with E-state index in [-0.39, 0.29) is 17.0 Å². The van der Waals surface area contributed by atoms with Gasteiger partial charge in [-0.15, -0.1) is 0 Å². The van der Waals surface area contributed by atoms with Gasteiger partial charge in [-0.2, -0.15) is 4.31 Å². The minimum absolute atomic E-state index is 0.137. The van der Waals surface area contributed by atoms with Crippen LogP contribution in [-0.4, -0.2) is 51.1 Å². The van der Waals surface area contributed by atoms with Crippen molar-refractivity contribution in [2.45, 2.75) is 63.4 Å². The van der Waals surface area contributed by atoms with E-state index in [4.69, 9.17) is 4.74 Å². The van der Waals surface area contributed by atoms with Crippen LogP contribution in [-0.2, 0) is 21.3 Å². The largest absolute Gasteiger partial charge is 0.379 e. The molecule has 158 valence electrons. The van der Waals surface area contributed by atoms with Crippen molar-refractivity contribution in [2.75, 3.05) is 26.3 Å². The van der Waals surface area contributed by atoms with Crippen LogP contribution in [0.25, 0.3) is 0 Å². The number of benzene rings is 1. The van der Waals surface area contributed by atoms with E-state index < -0.39 is 10.0 Å². The van der Waals surface area contributed by atoms with Crippen LogP contribution in [0, 0.1) is 0 Å². The lowest BCUT2D eigenvalue weighted by Crippen LogP contribution is -2.40. The van der Waals surface area contributed by atoms with Gasteiger partial charge in [0.2, 0.25) is 10.0 Å². The van der Waals surface area contributed by atoms with Crippen molar-refractivity contribution in [3.63, 3.8) is 0 Å². The average Bonchev–Trinajstić information content (AvgIpc) is 2.70. The molecule has 1 aliphatic heterocycles. The number of rotatable bonds is 10. The van der Waals surface area contributed by atoms with Crippen LogP contribution in [0.5, 0.6) is 0 Å². The average molecular weight is 412 g/mol. The Bertz CT molecular complexity index is 701. The fraction of sp³-hybridized carbons (Fsp3) is 0.650. The summed E-state index contributed by atoms with van der Waals surface area (Å²) in [6.07, 6.45) is 5.73. The number of hydrogen-bond acceptors (Lipinski definition) is 4. The Morgan fingerprint density at radius 1 is 1.14 bits per heavy atom. The molecule has 0 spiro atoms. The Morgan fingerprint density at radius 2 is 1.82 bits per heavy atom. The zero-order valence-corrected chi connectivity index (χ0v) is 17.8. The third-order valence-corrected chi connectivity index (χ3v) is 6.77. The Labute approximate surface area is 168 Å². The minimum Gasteiger partial charge on any atom is -0.379 e. The first-order chi connectivity index (χ1) is 13.4. The fourth-order valence-electron chi connectivity index (χ4n) is 3.12. The van der Waals surface area contributed by atoms with Crippen LogP contribution in [0.1, 0.15) is 51.5 Å². The first-order valence-electron chi connectivity index (χ1n) is 10.1. The van der Waals surface area contributed by atoms with E-state index in [0.717, 1.165) is 18.4 Å². The van der Waals surface area contributed by atoms with Crippen molar-refractivity contribution < 1.29 is 17.9 Å². The maximum atomic E-state index is 12.6. The molecule has 28 heavy (non-hydrogen) atoms. The Kier molecular flexibility index (Phi) is 9.21. The molecule has 1 heterocycles. The molecular formula is C20H33N3O4S. The van der Waals surface area contributed by atoms with Crippen molar-refractivity contribution in [3.05, 3.63) is 29.8 Å². The Hall–Kier alpha value is -1.64. The fourth-order valence-corrected chi connectivity index (χ4v) is 4.53. The maximum Gasteiger partial charge on any atom is 0.315 e. The summed E-state index contributed by atoms with van der Waals surface area (Å²) in [6.45, 7) is 6.15. The summed E-state index contributed by atoms with van der Waals surface area (Å²) < 4.78 is 31.9. The molecule has 1 saturated heterocycles. The molecule has 2 amide bonds. The Balaban J connectivity index is 1.78. The molecule has 7 nitrogen and oxygen atoms in total. The highest BCUT2D eigenvalue weighted by atomic mass is 32.2. The van der Waals surface area contributed by atoms with Crippen LogP contribution < -0.4 is 10.6 Å². The summed E-state index contributed by atoms with van der Waals surface area (Å²) in [5.74, 6) is 0. The smallest absolute Gasteiger partial charge is 0.315 e. The third-order valence-electron chi connectivity index (χ3n) is 4.85. The molecule has 2 N–H and O–H groups in total. The van der Waals surface area contributed by atoms with Gasteiger partial charge in [0.05, 0.1) is 18.1 Å². The number of nitrogens with zero attached hydrogens (tertiary/aromatic N) is 1. The van der Waals surface area contributed by atoms with E-state index in [1.54, 1.807) is 24.3 Å². The van der Waals surface area contributed by atoms with E-state index in [1.165, 1.54) is 23.6 Å². The second-order valence-corrected chi connectivity index (χ2v) is 9.18. The predicted molar refractivity (Wildman–Crippen MR) is 110 cm³/mol. The summed E-state index contributed by atoms with van der Waals surface area (Å²) >= 11 is 0. The number of amides is 2. The highest BCUT2D eigenvalue weighted by molar-refractivity contribution is 7.89. The molecule has 0 saturated carbocycles. The topological polar surface area (TPSA) is 87.7 Å². The molecule has 8 heteroatoms. The van der Waals surface area contributed by atoms with Gasteiger partial charge in [-0.25, -0.2) is 13.2 Å². The van der Waals surface area contributed by atoms with Gasteiger partial charge in [0.15, 0.2) is 0 Å². The van der Waals surface area contributed by atoms with E-state index in [9.17, 15) is 13.2 Å². The number of hydrogen-bond donors (Lipinski definition) is 2. The van der Waals surface area contributed by atoms with Crippen LogP contribution in [0.2, 0.25) is 0 Å². The van der Waals surface area contributed by atoms with Gasteiger partial charge in [-0.05, 0) is 31.0 Å². The van der Waals surface area contributed by atoms with Gasteiger partial charge < -0.3 is 15.4 Å². The van der Waals surface area contributed by atoms with Gasteiger partial charge in [0.1, 0.15) is 0 Å². The third kappa shape index (κ3) is 7.07. The molecule has 1 atom stereocenters. The predicted octanol–water partition coefficient (Wildman–Crippen LogP) is 2.87. The summed E-state index contributed by atoms with van der Waals surface area (Å²) in [5, 5.41) is 5.77. The number of nitrogens with one attached hydrogen (secondary N) is 2. The number of carbonyl (C=O) groups is 1. The van der Waals surface area contributed by atoms with E-state index in [0.29, 0.717) is 32.8 Å². The van der Waals surface area contributed by atoms with Crippen molar-refractivity contribution in [1.82, 2.24) is 14.9 Å². The molecule has 1 fully saturated rings. The number of urea groups is 1. The van der Waals surface area contributed by atoms with Crippen molar-refractivity contribution in [3.8, 4) is 0 Å². The first-order valence-corrected chi connectivity index (χ1v) is 11.6. The molecule has 0 radical (unpaired) electrons. The quantitative estimate of drug-likeness (QED) is 0.580. The number of sulfonamides is 1. The van der Waals surface area contributed by atoms with Gasteiger partial charge in [-0.3, -0.25) is 0 Å². The van der Waals surface area contributed by atoms with E-state index in [1.807, 2.05) is 6.92 Å². The molecule has 1 unspecified atom stereocenters. The lowest BCUT2D eigenvalue weighted by molar-refractivity contribution is 0.0730. The van der Waals surface area contributed by atoms with Crippen LogP contribution in [0.3, 0.4) is 0 Å². The van der Waals surface area contributed by atoms with Gasteiger partial charge in [0.25, 0.3) is 0 Å². The number of morpholine rings is 1. The Morgan fingerprint density at radius 3 is 2.46 bits per heavy atom. The molecule has 1 aromatic carbocycles. The van der Waals surface area contributed by atoms with Crippen molar-refractivity contribution >= 4 is 16.1 Å². The lowest BCUT2D eigenvalue weighted by Gasteiger charge is -2.26. The summed E-state index contributed by atoms with van der Waals surface area (Å²) in [5.41, 5.74) is 0.853. The summed E-state index contributed by atoms with van der Waals surface area (Å²) in [6, 6.07) is 6.60. The minimum atomic E-state index is -3.49. The first kappa shape index (κ1) is 22.6. The van der Waals surface area contributed by atoms with Crippen LogP contribution in [0.15, 0.2) is 29.2 Å². The molecule has 1 aromatic rings. The normalized spacial score (nSPS) is 16.5. The molecule has 2 rings (SSSR count). The van der Waals surface area contributed by atoms with Gasteiger partial charge in [0, 0.05) is 25.7 Å².